The number of fused-ring (bicyclic) bond motifs is 5. The molecule has 4 saturated carbocycles. The summed E-state index contributed by atoms with van der Waals surface area (Å²) in [7, 11) is 0. The van der Waals surface area contributed by atoms with E-state index in [0.717, 1.165) is 51.4 Å². The lowest BCUT2D eigenvalue weighted by Crippen LogP contribution is -2.58. The summed E-state index contributed by atoms with van der Waals surface area (Å²) in [6, 6.07) is 10.6. The molecule has 32 heavy (non-hydrogen) atoms. The normalized spacial score (nSPS) is 46.7. The molecule has 5 rings (SSSR count). The Morgan fingerprint density at radius 1 is 0.875 bits per heavy atom. The number of hydrogen-bond acceptors (Lipinski definition) is 3. The standard InChI is InChI=1S/C29H44O3/c1-28-16-14-23-21(18-27(32)25-17-20(30)13-15-29(23,25)2)22(28)11-12-24(28)26(31)10-6-9-19-7-4-3-5-8-19/h3-5,7-8,20-27,30-32H,6,9-18H2,1-2H3/t20?,21?,22?,23-,24?,25+,26?,27-,28?,29?/m0/s1. The summed E-state index contributed by atoms with van der Waals surface area (Å²) in [6.07, 6.45) is 10.8. The summed E-state index contributed by atoms with van der Waals surface area (Å²) in [5, 5.41) is 32.7. The first kappa shape index (κ1) is 22.9. The van der Waals surface area contributed by atoms with Crippen molar-refractivity contribution in [3.8, 4) is 0 Å². The molecule has 3 heteroatoms. The third kappa shape index (κ3) is 3.77. The van der Waals surface area contributed by atoms with E-state index in [1.807, 2.05) is 0 Å². The van der Waals surface area contributed by atoms with Gasteiger partial charge in [0.2, 0.25) is 0 Å². The monoisotopic (exact) mass is 440 g/mol. The van der Waals surface area contributed by atoms with Gasteiger partial charge >= 0.3 is 0 Å². The van der Waals surface area contributed by atoms with E-state index in [1.165, 1.54) is 24.8 Å². The zero-order valence-electron chi connectivity index (χ0n) is 20.1. The summed E-state index contributed by atoms with van der Waals surface area (Å²) in [4.78, 5) is 0. The molecule has 1 aromatic rings. The summed E-state index contributed by atoms with van der Waals surface area (Å²) in [5.74, 6) is 2.56. The summed E-state index contributed by atoms with van der Waals surface area (Å²) in [5.41, 5.74) is 1.76. The van der Waals surface area contributed by atoms with Crippen LogP contribution in [0.3, 0.4) is 0 Å². The molecule has 0 amide bonds. The second-order valence-corrected chi connectivity index (χ2v) is 12.4. The van der Waals surface area contributed by atoms with Crippen molar-refractivity contribution >= 4 is 0 Å². The van der Waals surface area contributed by atoms with Crippen LogP contribution in [-0.4, -0.2) is 33.6 Å². The zero-order valence-corrected chi connectivity index (χ0v) is 20.1. The highest BCUT2D eigenvalue weighted by molar-refractivity contribution is 5.15. The Morgan fingerprint density at radius 3 is 2.38 bits per heavy atom. The molecule has 0 saturated heterocycles. The molecule has 0 spiro atoms. The Hall–Kier alpha value is -0.900. The van der Waals surface area contributed by atoms with Gasteiger partial charge in [0.25, 0.3) is 0 Å². The number of aliphatic hydroxyl groups is 3. The van der Waals surface area contributed by atoms with Gasteiger partial charge in [-0.15, -0.1) is 0 Å². The lowest BCUT2D eigenvalue weighted by Gasteiger charge is -2.62. The number of aryl methyl sites for hydroxylation is 1. The number of rotatable bonds is 5. The van der Waals surface area contributed by atoms with Crippen molar-refractivity contribution in [2.24, 2.45) is 40.4 Å². The molecule has 4 aliphatic carbocycles. The van der Waals surface area contributed by atoms with E-state index in [-0.39, 0.29) is 35.1 Å². The largest absolute Gasteiger partial charge is 0.393 e. The lowest BCUT2D eigenvalue weighted by atomic mass is 9.44. The highest BCUT2D eigenvalue weighted by Crippen LogP contribution is 2.67. The van der Waals surface area contributed by atoms with E-state index >= 15 is 0 Å². The molecule has 0 heterocycles. The maximum Gasteiger partial charge on any atom is 0.0577 e. The highest BCUT2D eigenvalue weighted by atomic mass is 16.3. The van der Waals surface area contributed by atoms with Crippen LogP contribution in [0, 0.1) is 40.4 Å². The predicted octanol–water partition coefficient (Wildman–Crippen LogP) is 5.36. The Kier molecular flexibility index (Phi) is 6.22. The number of benzene rings is 1. The average Bonchev–Trinajstić information content (AvgIpc) is 3.13. The van der Waals surface area contributed by atoms with Gasteiger partial charge in [-0.2, -0.15) is 0 Å². The zero-order chi connectivity index (χ0) is 22.5. The van der Waals surface area contributed by atoms with E-state index in [0.29, 0.717) is 23.7 Å². The molecule has 0 aliphatic heterocycles. The van der Waals surface area contributed by atoms with Gasteiger partial charge in [0.15, 0.2) is 0 Å². The first-order chi connectivity index (χ1) is 15.3. The van der Waals surface area contributed by atoms with Gasteiger partial charge in [-0.1, -0.05) is 44.2 Å². The molecule has 3 nitrogen and oxygen atoms in total. The van der Waals surface area contributed by atoms with Gasteiger partial charge in [0, 0.05) is 0 Å². The molecule has 0 bridgehead atoms. The van der Waals surface area contributed by atoms with Crippen molar-refractivity contribution in [1.29, 1.82) is 0 Å². The summed E-state index contributed by atoms with van der Waals surface area (Å²) >= 11 is 0. The molecule has 10 atom stereocenters. The van der Waals surface area contributed by atoms with Gasteiger partial charge in [0.05, 0.1) is 18.3 Å². The maximum atomic E-state index is 11.3. The fourth-order valence-corrected chi connectivity index (χ4v) is 9.31. The number of hydrogen-bond donors (Lipinski definition) is 3. The molecule has 1 aromatic carbocycles. The van der Waals surface area contributed by atoms with Gasteiger partial charge in [-0.05, 0) is 117 Å². The molecule has 0 aromatic heterocycles. The van der Waals surface area contributed by atoms with E-state index in [2.05, 4.69) is 44.2 Å². The van der Waals surface area contributed by atoms with Crippen LogP contribution in [0.25, 0.3) is 0 Å². The summed E-state index contributed by atoms with van der Waals surface area (Å²) in [6.45, 7) is 4.90. The van der Waals surface area contributed by atoms with Crippen LogP contribution >= 0.6 is 0 Å². The first-order valence-corrected chi connectivity index (χ1v) is 13.4. The summed E-state index contributed by atoms with van der Waals surface area (Å²) < 4.78 is 0. The fraction of sp³-hybridized carbons (Fsp3) is 0.793. The van der Waals surface area contributed by atoms with Gasteiger partial charge in [-0.25, -0.2) is 0 Å². The van der Waals surface area contributed by atoms with Crippen molar-refractivity contribution in [2.45, 2.75) is 103 Å². The van der Waals surface area contributed by atoms with E-state index in [4.69, 9.17) is 0 Å². The number of aliphatic hydroxyl groups excluding tert-OH is 3. The highest BCUT2D eigenvalue weighted by Gasteiger charge is 2.62. The second-order valence-electron chi connectivity index (χ2n) is 12.4. The van der Waals surface area contributed by atoms with Crippen LogP contribution < -0.4 is 0 Å². The van der Waals surface area contributed by atoms with Crippen molar-refractivity contribution in [3.63, 3.8) is 0 Å². The van der Waals surface area contributed by atoms with Crippen LogP contribution in [0.1, 0.15) is 83.6 Å². The van der Waals surface area contributed by atoms with Gasteiger partial charge in [0.1, 0.15) is 0 Å². The Balaban J connectivity index is 1.27. The molecule has 0 radical (unpaired) electrons. The quantitative estimate of drug-likeness (QED) is 0.577. The predicted molar refractivity (Wildman–Crippen MR) is 128 cm³/mol. The Morgan fingerprint density at radius 2 is 1.59 bits per heavy atom. The van der Waals surface area contributed by atoms with Crippen LogP contribution in [0.4, 0.5) is 0 Å². The van der Waals surface area contributed by atoms with Crippen molar-refractivity contribution in [3.05, 3.63) is 35.9 Å². The average molecular weight is 441 g/mol. The minimum absolute atomic E-state index is 0.176. The minimum Gasteiger partial charge on any atom is -0.393 e. The third-order valence-electron chi connectivity index (χ3n) is 11.0. The van der Waals surface area contributed by atoms with Gasteiger partial charge in [-0.3, -0.25) is 0 Å². The van der Waals surface area contributed by atoms with E-state index in [1.54, 1.807) is 0 Å². The van der Waals surface area contributed by atoms with E-state index in [9.17, 15) is 15.3 Å². The molecule has 7 unspecified atom stereocenters. The minimum atomic E-state index is -0.270. The molecule has 178 valence electrons. The molecular formula is C29H44O3. The Bertz CT molecular complexity index is 780. The molecular weight excluding hydrogens is 396 g/mol. The van der Waals surface area contributed by atoms with Gasteiger partial charge < -0.3 is 15.3 Å². The van der Waals surface area contributed by atoms with E-state index < -0.39 is 0 Å². The van der Waals surface area contributed by atoms with Crippen LogP contribution in [0.5, 0.6) is 0 Å². The fourth-order valence-electron chi connectivity index (χ4n) is 9.31. The van der Waals surface area contributed by atoms with Crippen molar-refractivity contribution < 1.29 is 15.3 Å². The SMILES string of the molecule is CC12CC[C@H]3C(C[C@H](O)[C@H]4CC(O)CCC43C)C1CCC2C(O)CCCc1ccccc1. The Labute approximate surface area is 194 Å². The van der Waals surface area contributed by atoms with Crippen molar-refractivity contribution in [2.75, 3.05) is 0 Å². The third-order valence-corrected chi connectivity index (χ3v) is 11.0. The van der Waals surface area contributed by atoms with Crippen LogP contribution in [0.2, 0.25) is 0 Å². The van der Waals surface area contributed by atoms with Crippen LogP contribution in [0.15, 0.2) is 30.3 Å². The topological polar surface area (TPSA) is 60.7 Å². The maximum absolute atomic E-state index is 11.3. The molecule has 3 N–H and O–H groups in total. The molecule has 4 fully saturated rings. The van der Waals surface area contributed by atoms with Crippen LogP contribution in [-0.2, 0) is 6.42 Å². The smallest absolute Gasteiger partial charge is 0.0577 e. The molecule has 4 aliphatic rings. The van der Waals surface area contributed by atoms with Crippen molar-refractivity contribution in [1.82, 2.24) is 0 Å². The lowest BCUT2D eigenvalue weighted by molar-refractivity contribution is -0.174. The second kappa shape index (κ2) is 8.71. The first-order valence-electron chi connectivity index (χ1n) is 13.4.